The normalized spacial score (nSPS) is 13.8. The number of carbonyl (C=O) groups excluding carboxylic acids is 2. The Morgan fingerprint density at radius 2 is 1.77 bits per heavy atom. The lowest BCUT2D eigenvalue weighted by Gasteiger charge is -2.10. The number of aromatic nitrogens is 3. The Labute approximate surface area is 149 Å². The number of fused-ring (bicyclic) bond motifs is 1. The number of rotatable bonds is 6. The number of ketones is 2. The zero-order chi connectivity index (χ0) is 17.9. The molecule has 2 aromatic heterocycles. The van der Waals surface area contributed by atoms with E-state index in [-0.39, 0.29) is 24.8 Å². The summed E-state index contributed by atoms with van der Waals surface area (Å²) in [5, 5.41) is 0. The first-order chi connectivity index (χ1) is 12.7. The lowest BCUT2D eigenvalue weighted by atomic mass is 10.1. The summed E-state index contributed by atoms with van der Waals surface area (Å²) in [5.74, 6) is 0.713. The van der Waals surface area contributed by atoms with Crippen LogP contribution in [0.4, 0.5) is 0 Å². The van der Waals surface area contributed by atoms with E-state index in [1.54, 1.807) is 65.9 Å². The van der Waals surface area contributed by atoms with E-state index in [2.05, 4.69) is 9.97 Å². The van der Waals surface area contributed by atoms with E-state index < -0.39 is 6.10 Å². The maximum absolute atomic E-state index is 12.2. The second-order valence-electron chi connectivity index (χ2n) is 5.70. The molecule has 1 aliphatic carbocycles. The highest BCUT2D eigenvalue weighted by Gasteiger charge is 2.38. The molecule has 2 heterocycles. The van der Waals surface area contributed by atoms with E-state index in [1.807, 2.05) is 0 Å². The maximum Gasteiger partial charge on any atom is 0.200 e. The predicted octanol–water partition coefficient (Wildman–Crippen LogP) is 2.11. The number of ether oxygens (including phenoxy) is 2. The van der Waals surface area contributed by atoms with Crippen molar-refractivity contribution < 1.29 is 19.1 Å². The highest BCUT2D eigenvalue weighted by atomic mass is 16.5. The number of carbonyl (C=O) groups is 2. The van der Waals surface area contributed by atoms with Gasteiger partial charge in [-0.3, -0.25) is 14.2 Å². The van der Waals surface area contributed by atoms with E-state index in [0.717, 1.165) is 5.82 Å². The molecule has 0 saturated heterocycles. The van der Waals surface area contributed by atoms with Gasteiger partial charge in [0.15, 0.2) is 17.7 Å². The standard InChI is InChI=1S/C19H15N3O4/c23-17-14-3-1-2-4-15(14)18(24)19(17)26-10-9-25-13-5-6-16(21-11-13)22-8-7-20-12-22/h1-8,11-12,19H,9-10H2. The fourth-order valence-electron chi connectivity index (χ4n) is 2.80. The van der Waals surface area contributed by atoms with Gasteiger partial charge in [0.05, 0.1) is 12.8 Å². The van der Waals surface area contributed by atoms with Crippen LogP contribution in [0.3, 0.4) is 0 Å². The number of pyridine rings is 1. The highest BCUT2D eigenvalue weighted by Crippen LogP contribution is 2.24. The van der Waals surface area contributed by atoms with Gasteiger partial charge in [-0.15, -0.1) is 0 Å². The van der Waals surface area contributed by atoms with Crippen molar-refractivity contribution in [2.75, 3.05) is 13.2 Å². The first-order valence-corrected chi connectivity index (χ1v) is 8.10. The average Bonchev–Trinajstić information content (AvgIpc) is 3.29. The zero-order valence-electron chi connectivity index (χ0n) is 13.7. The first-order valence-electron chi connectivity index (χ1n) is 8.10. The van der Waals surface area contributed by atoms with Crippen molar-refractivity contribution in [2.45, 2.75) is 6.10 Å². The van der Waals surface area contributed by atoms with Crippen LogP contribution in [0.5, 0.6) is 5.75 Å². The second kappa shape index (κ2) is 6.89. The van der Waals surface area contributed by atoms with Crippen LogP contribution in [0.2, 0.25) is 0 Å². The molecule has 26 heavy (non-hydrogen) atoms. The third-order valence-electron chi connectivity index (χ3n) is 4.06. The lowest BCUT2D eigenvalue weighted by Crippen LogP contribution is -2.27. The summed E-state index contributed by atoms with van der Waals surface area (Å²) in [6.45, 7) is 0.332. The minimum atomic E-state index is -1.07. The molecular formula is C19H15N3O4. The second-order valence-corrected chi connectivity index (χ2v) is 5.70. The summed E-state index contributed by atoms with van der Waals surface area (Å²) in [4.78, 5) is 32.7. The van der Waals surface area contributed by atoms with Gasteiger partial charge in [-0.2, -0.15) is 0 Å². The monoisotopic (exact) mass is 349 g/mol. The largest absolute Gasteiger partial charge is 0.490 e. The topological polar surface area (TPSA) is 83.3 Å². The van der Waals surface area contributed by atoms with Crippen LogP contribution in [0.15, 0.2) is 61.3 Å². The molecule has 7 heteroatoms. The van der Waals surface area contributed by atoms with Crippen LogP contribution >= 0.6 is 0 Å². The molecule has 0 radical (unpaired) electrons. The maximum atomic E-state index is 12.2. The number of nitrogens with zero attached hydrogens (tertiary/aromatic N) is 3. The smallest absolute Gasteiger partial charge is 0.200 e. The first kappa shape index (κ1) is 16.2. The van der Waals surface area contributed by atoms with Crippen molar-refractivity contribution in [2.24, 2.45) is 0 Å². The molecule has 0 N–H and O–H groups in total. The van der Waals surface area contributed by atoms with Gasteiger partial charge >= 0.3 is 0 Å². The van der Waals surface area contributed by atoms with E-state index in [4.69, 9.17) is 9.47 Å². The zero-order valence-corrected chi connectivity index (χ0v) is 13.7. The van der Waals surface area contributed by atoms with Gasteiger partial charge in [0, 0.05) is 23.5 Å². The van der Waals surface area contributed by atoms with Crippen molar-refractivity contribution >= 4 is 11.6 Å². The Bertz CT molecular complexity index is 901. The molecule has 0 bridgehead atoms. The molecule has 0 fully saturated rings. The molecule has 0 amide bonds. The fraction of sp³-hybridized carbons (Fsp3) is 0.158. The summed E-state index contributed by atoms with van der Waals surface area (Å²) < 4.78 is 12.8. The molecule has 7 nitrogen and oxygen atoms in total. The van der Waals surface area contributed by atoms with Crippen LogP contribution in [-0.4, -0.2) is 45.4 Å². The van der Waals surface area contributed by atoms with Gasteiger partial charge in [-0.05, 0) is 12.1 Å². The minimum Gasteiger partial charge on any atom is -0.490 e. The molecule has 0 atom stereocenters. The Hall–Kier alpha value is -3.32. The van der Waals surface area contributed by atoms with Gasteiger partial charge in [-0.1, -0.05) is 24.3 Å². The van der Waals surface area contributed by atoms with Crippen LogP contribution in [0.25, 0.3) is 5.82 Å². The van der Waals surface area contributed by atoms with Gasteiger partial charge in [0.2, 0.25) is 0 Å². The van der Waals surface area contributed by atoms with E-state index >= 15 is 0 Å². The Morgan fingerprint density at radius 1 is 1.00 bits per heavy atom. The molecule has 1 aliphatic rings. The lowest BCUT2D eigenvalue weighted by molar-refractivity contribution is 0.0322. The molecule has 0 unspecified atom stereocenters. The molecule has 0 spiro atoms. The van der Waals surface area contributed by atoms with Crippen molar-refractivity contribution in [1.29, 1.82) is 0 Å². The van der Waals surface area contributed by atoms with Crippen molar-refractivity contribution in [1.82, 2.24) is 14.5 Å². The summed E-state index contributed by atoms with van der Waals surface area (Å²) >= 11 is 0. The predicted molar refractivity (Wildman–Crippen MR) is 91.7 cm³/mol. The summed E-state index contributed by atoms with van der Waals surface area (Å²) in [6, 6.07) is 10.3. The fourth-order valence-corrected chi connectivity index (χ4v) is 2.80. The quantitative estimate of drug-likeness (QED) is 0.501. The summed E-state index contributed by atoms with van der Waals surface area (Å²) in [7, 11) is 0. The highest BCUT2D eigenvalue weighted by molar-refractivity contribution is 6.28. The van der Waals surface area contributed by atoms with Crippen LogP contribution in [0, 0.1) is 0 Å². The van der Waals surface area contributed by atoms with E-state index in [0.29, 0.717) is 16.9 Å². The Morgan fingerprint density at radius 3 is 2.38 bits per heavy atom. The average molecular weight is 349 g/mol. The molecule has 3 aromatic rings. The van der Waals surface area contributed by atoms with E-state index in [1.165, 1.54) is 0 Å². The van der Waals surface area contributed by atoms with Crippen molar-refractivity contribution in [3.8, 4) is 11.6 Å². The number of hydrogen-bond acceptors (Lipinski definition) is 6. The van der Waals surface area contributed by atoms with Gasteiger partial charge < -0.3 is 9.47 Å². The third kappa shape index (κ3) is 3.00. The van der Waals surface area contributed by atoms with Gasteiger partial charge in [-0.25, -0.2) is 9.97 Å². The molecule has 4 rings (SSSR count). The van der Waals surface area contributed by atoms with Crippen LogP contribution < -0.4 is 4.74 Å². The molecule has 130 valence electrons. The van der Waals surface area contributed by atoms with Crippen molar-refractivity contribution in [3.63, 3.8) is 0 Å². The molecular weight excluding hydrogens is 334 g/mol. The molecule has 1 aromatic carbocycles. The Kier molecular flexibility index (Phi) is 4.28. The molecule has 0 saturated carbocycles. The van der Waals surface area contributed by atoms with Gasteiger partial charge in [0.1, 0.15) is 24.5 Å². The van der Waals surface area contributed by atoms with Crippen LogP contribution in [0.1, 0.15) is 20.7 Å². The third-order valence-corrected chi connectivity index (χ3v) is 4.06. The van der Waals surface area contributed by atoms with E-state index in [9.17, 15) is 9.59 Å². The molecule has 0 aliphatic heterocycles. The number of imidazole rings is 1. The summed E-state index contributed by atoms with van der Waals surface area (Å²) in [5.41, 5.74) is 0.838. The van der Waals surface area contributed by atoms with Crippen molar-refractivity contribution in [3.05, 3.63) is 72.4 Å². The van der Waals surface area contributed by atoms with Crippen LogP contribution in [-0.2, 0) is 4.74 Å². The SMILES string of the molecule is O=C1c2ccccc2C(=O)C1OCCOc1ccc(-n2ccnc2)nc1. The van der Waals surface area contributed by atoms with Gasteiger partial charge in [0.25, 0.3) is 0 Å². The minimum absolute atomic E-state index is 0.124. The number of Topliss-reactive ketones (excluding diaryl/α,β-unsaturated/α-hetero) is 2. The Balaban J connectivity index is 1.30. The number of benzene rings is 1. The summed E-state index contributed by atoms with van der Waals surface area (Å²) in [6.07, 6.45) is 5.65. The number of hydrogen-bond donors (Lipinski definition) is 0.